The molecule has 2 heterocycles. The van der Waals surface area contributed by atoms with Gasteiger partial charge >= 0.3 is 0 Å². The molecule has 4 rings (SSSR count). The van der Waals surface area contributed by atoms with E-state index in [1.807, 2.05) is 27.7 Å². The number of halogens is 1. The topological polar surface area (TPSA) is 136 Å². The van der Waals surface area contributed by atoms with Gasteiger partial charge in [-0.1, -0.05) is 0 Å². The van der Waals surface area contributed by atoms with E-state index < -0.39 is 12.0 Å². The molecular weight excluding hydrogens is 471 g/mol. The van der Waals surface area contributed by atoms with Crippen molar-refractivity contribution in [1.29, 1.82) is 0 Å². The monoisotopic (exact) mass is 508 g/mol. The molecule has 2 aliphatic carbocycles. The number of rotatable bonds is 9. The van der Waals surface area contributed by atoms with Crippen LogP contribution in [0.15, 0.2) is 41.8 Å². The number of nitrogens with one attached hydrogen (secondary N) is 1. The zero-order chi connectivity index (χ0) is 27.1. The molecule has 0 aliphatic heterocycles. The molecule has 5 N–H and O–H groups in total. The number of nitrogens with zero attached hydrogens (tertiary/aromatic N) is 3. The van der Waals surface area contributed by atoms with E-state index in [1.165, 1.54) is 38.0 Å². The normalized spacial score (nSPS) is 16.5. The fourth-order valence-electron chi connectivity index (χ4n) is 4.48. The van der Waals surface area contributed by atoms with Crippen LogP contribution >= 0.6 is 0 Å². The average molecular weight is 509 g/mol. The molecule has 1 amide bonds. The summed E-state index contributed by atoms with van der Waals surface area (Å²) in [5.74, 6) is 0.810. The van der Waals surface area contributed by atoms with Gasteiger partial charge in [-0.15, -0.1) is 0 Å². The SMILES string of the molecule is CC(C)N=C(/C=C\N)C(=O)N[C@H](C=O)C(C1CC1)C1CC1.Cc1cncc(-c2ccc(N)nc2F)c1C. The molecule has 2 fully saturated rings. The Kier molecular flexibility index (Phi) is 9.49. The Morgan fingerprint density at radius 2 is 1.78 bits per heavy atom. The molecule has 8 nitrogen and oxygen atoms in total. The van der Waals surface area contributed by atoms with Crippen molar-refractivity contribution in [2.75, 3.05) is 5.73 Å². The van der Waals surface area contributed by atoms with Crippen LogP contribution < -0.4 is 16.8 Å². The standard InChI is InChI=1S/C16H25N3O2.C12H12FN3/c1-10(2)18-13(7-8-17)16(21)19-14(9-20)15(11-3-4-11)12-5-6-12;1-7-5-15-6-10(8(7)2)9-3-4-11(14)16-12(9)13/h7-12,14-15H,3-6,17H2,1-2H3,(H,19,21);3-6H,1-2H3,(H2,14,16)/b8-7-,18-13?;/t14-;/m1./s1. The summed E-state index contributed by atoms with van der Waals surface area (Å²) in [6, 6.07) is 2.81. The number of aldehydes is 1. The lowest BCUT2D eigenvalue weighted by atomic mass is 9.90. The largest absolute Gasteiger partial charge is 0.405 e. The first-order valence-corrected chi connectivity index (χ1v) is 12.7. The van der Waals surface area contributed by atoms with Crippen LogP contribution in [0.3, 0.4) is 0 Å². The number of anilines is 1. The minimum absolute atomic E-state index is 0.000655. The van der Waals surface area contributed by atoms with Gasteiger partial charge in [-0.25, -0.2) is 4.98 Å². The van der Waals surface area contributed by atoms with Crippen LogP contribution in [0.25, 0.3) is 11.1 Å². The second kappa shape index (κ2) is 12.6. The Morgan fingerprint density at radius 3 is 2.30 bits per heavy atom. The number of hydrogen-bond donors (Lipinski definition) is 3. The molecule has 0 unspecified atom stereocenters. The zero-order valence-electron chi connectivity index (χ0n) is 21.9. The summed E-state index contributed by atoms with van der Waals surface area (Å²) in [5.41, 5.74) is 14.3. The van der Waals surface area contributed by atoms with Crippen LogP contribution in [-0.2, 0) is 9.59 Å². The second-order valence-corrected chi connectivity index (χ2v) is 10.1. The van der Waals surface area contributed by atoms with Crippen LogP contribution in [0.1, 0.15) is 50.7 Å². The Hall–Kier alpha value is -3.62. The molecule has 0 aromatic carbocycles. The maximum absolute atomic E-state index is 13.6. The van der Waals surface area contributed by atoms with Crippen molar-refractivity contribution in [2.24, 2.45) is 28.5 Å². The average Bonchev–Trinajstić information content (AvgIpc) is 3.76. The van der Waals surface area contributed by atoms with Gasteiger partial charge in [0.2, 0.25) is 5.95 Å². The van der Waals surface area contributed by atoms with Crippen molar-refractivity contribution in [2.45, 2.75) is 65.5 Å². The van der Waals surface area contributed by atoms with E-state index in [2.05, 4.69) is 20.3 Å². The van der Waals surface area contributed by atoms with Gasteiger partial charge in [0, 0.05) is 29.6 Å². The first-order valence-electron chi connectivity index (χ1n) is 12.7. The van der Waals surface area contributed by atoms with Gasteiger partial charge in [0.1, 0.15) is 17.8 Å². The van der Waals surface area contributed by atoms with Gasteiger partial charge in [-0.2, -0.15) is 4.39 Å². The first kappa shape index (κ1) is 28.0. The van der Waals surface area contributed by atoms with Crippen LogP contribution in [-0.4, -0.2) is 40.0 Å². The van der Waals surface area contributed by atoms with Crippen LogP contribution in [0.5, 0.6) is 0 Å². The number of nitrogens with two attached hydrogens (primary N) is 2. The van der Waals surface area contributed by atoms with E-state index in [9.17, 15) is 14.0 Å². The Bertz CT molecular complexity index is 1160. The lowest BCUT2D eigenvalue weighted by Gasteiger charge is -2.23. The number of amides is 1. The molecular formula is C28H37FN6O2. The maximum Gasteiger partial charge on any atom is 0.270 e. The molecule has 0 saturated heterocycles. The fourth-order valence-corrected chi connectivity index (χ4v) is 4.48. The quantitative estimate of drug-likeness (QED) is 0.267. The number of nitrogen functional groups attached to an aromatic ring is 1. The maximum atomic E-state index is 13.6. The lowest BCUT2D eigenvalue weighted by Crippen LogP contribution is -2.45. The van der Waals surface area contributed by atoms with E-state index in [-0.39, 0.29) is 23.5 Å². The van der Waals surface area contributed by atoms with Crippen molar-refractivity contribution < 1.29 is 14.0 Å². The minimum Gasteiger partial charge on any atom is -0.405 e. The highest BCUT2D eigenvalue weighted by Gasteiger charge is 2.46. The first-order chi connectivity index (χ1) is 17.7. The molecule has 2 aromatic rings. The van der Waals surface area contributed by atoms with Crippen LogP contribution in [0.4, 0.5) is 10.2 Å². The Labute approximate surface area is 217 Å². The predicted octanol–water partition coefficient (Wildman–Crippen LogP) is 3.91. The van der Waals surface area contributed by atoms with Gasteiger partial charge in [-0.3, -0.25) is 14.8 Å². The van der Waals surface area contributed by atoms with E-state index in [4.69, 9.17) is 11.5 Å². The number of aromatic nitrogens is 2. The second-order valence-electron chi connectivity index (χ2n) is 10.1. The van der Waals surface area contributed by atoms with Crippen LogP contribution in [0, 0.1) is 37.5 Å². The third-order valence-electron chi connectivity index (χ3n) is 6.70. The van der Waals surface area contributed by atoms with E-state index in [0.29, 0.717) is 23.3 Å². The van der Waals surface area contributed by atoms with E-state index in [1.54, 1.807) is 24.5 Å². The number of aryl methyl sites for hydroxylation is 1. The number of hydrogen-bond acceptors (Lipinski definition) is 7. The zero-order valence-corrected chi connectivity index (χ0v) is 21.9. The molecule has 2 aromatic heterocycles. The van der Waals surface area contributed by atoms with E-state index in [0.717, 1.165) is 23.0 Å². The molecule has 0 radical (unpaired) electrons. The van der Waals surface area contributed by atoms with Crippen molar-refractivity contribution in [3.05, 3.63) is 53.9 Å². The summed E-state index contributed by atoms with van der Waals surface area (Å²) in [5, 5.41) is 2.86. The Balaban J connectivity index is 0.000000213. The van der Waals surface area contributed by atoms with Crippen LogP contribution in [0.2, 0.25) is 0 Å². The fraction of sp³-hybridized carbons (Fsp3) is 0.464. The predicted molar refractivity (Wildman–Crippen MR) is 144 cm³/mol. The molecule has 2 saturated carbocycles. The Morgan fingerprint density at radius 1 is 1.14 bits per heavy atom. The number of aliphatic imine (C=N–C) groups is 1. The van der Waals surface area contributed by atoms with Gasteiger partial charge < -0.3 is 21.6 Å². The van der Waals surface area contributed by atoms with Gasteiger partial charge in [0.05, 0.1) is 6.04 Å². The molecule has 198 valence electrons. The molecule has 9 heteroatoms. The molecule has 37 heavy (non-hydrogen) atoms. The summed E-state index contributed by atoms with van der Waals surface area (Å²) in [4.78, 5) is 35.7. The van der Waals surface area contributed by atoms with Crippen molar-refractivity contribution in [3.63, 3.8) is 0 Å². The summed E-state index contributed by atoms with van der Waals surface area (Å²) in [7, 11) is 0. The highest BCUT2D eigenvalue weighted by molar-refractivity contribution is 6.43. The number of pyridine rings is 2. The summed E-state index contributed by atoms with van der Waals surface area (Å²) in [6.07, 6.45) is 11.8. The van der Waals surface area contributed by atoms with Crippen molar-refractivity contribution in [1.82, 2.24) is 15.3 Å². The molecule has 2 aliphatic rings. The molecule has 0 spiro atoms. The lowest BCUT2D eigenvalue weighted by molar-refractivity contribution is -0.120. The third-order valence-corrected chi connectivity index (χ3v) is 6.70. The van der Waals surface area contributed by atoms with Gasteiger partial charge in [0.15, 0.2) is 0 Å². The van der Waals surface area contributed by atoms with Gasteiger partial charge in [0.25, 0.3) is 5.91 Å². The number of carbonyl (C=O) groups is 2. The van der Waals surface area contributed by atoms with Crippen molar-refractivity contribution in [3.8, 4) is 11.1 Å². The third kappa shape index (κ3) is 7.68. The highest BCUT2D eigenvalue weighted by Crippen LogP contribution is 2.50. The summed E-state index contributed by atoms with van der Waals surface area (Å²) < 4.78 is 13.6. The summed E-state index contributed by atoms with van der Waals surface area (Å²) >= 11 is 0. The molecule has 0 bridgehead atoms. The highest BCUT2D eigenvalue weighted by atomic mass is 19.1. The van der Waals surface area contributed by atoms with Crippen molar-refractivity contribution >= 4 is 23.7 Å². The molecule has 1 atom stereocenters. The van der Waals surface area contributed by atoms with Gasteiger partial charge in [-0.05, 0) is 107 Å². The van der Waals surface area contributed by atoms with E-state index >= 15 is 0 Å². The number of carbonyl (C=O) groups excluding carboxylic acids is 2. The minimum atomic E-state index is -0.560. The smallest absolute Gasteiger partial charge is 0.270 e. The summed E-state index contributed by atoms with van der Waals surface area (Å²) in [6.45, 7) is 7.66.